The van der Waals surface area contributed by atoms with Gasteiger partial charge in [-0.3, -0.25) is 4.79 Å². The van der Waals surface area contributed by atoms with Crippen LogP contribution < -0.4 is 0 Å². The number of amides is 2. The van der Waals surface area contributed by atoms with Crippen LogP contribution in [0.1, 0.15) is 45.6 Å². The van der Waals surface area contributed by atoms with E-state index in [9.17, 15) is 9.59 Å². The molecule has 1 heterocycles. The Balaban J connectivity index is 1.50. The monoisotopic (exact) mass is 344 g/mol. The van der Waals surface area contributed by atoms with Crippen molar-refractivity contribution >= 4 is 12.0 Å². The van der Waals surface area contributed by atoms with Gasteiger partial charge in [-0.15, -0.1) is 0 Å². The van der Waals surface area contributed by atoms with Gasteiger partial charge in [0.2, 0.25) is 5.91 Å². The van der Waals surface area contributed by atoms with Crippen LogP contribution in [0.2, 0.25) is 0 Å². The van der Waals surface area contributed by atoms with E-state index in [1.165, 1.54) is 5.56 Å². The summed E-state index contributed by atoms with van der Waals surface area (Å²) in [5.74, 6) is 0.916. The van der Waals surface area contributed by atoms with Gasteiger partial charge in [-0.1, -0.05) is 30.3 Å². The van der Waals surface area contributed by atoms with E-state index >= 15 is 0 Å². The quantitative estimate of drug-likeness (QED) is 0.842. The molecule has 1 saturated heterocycles. The Labute approximate surface area is 149 Å². The largest absolute Gasteiger partial charge is 0.444 e. The van der Waals surface area contributed by atoms with E-state index in [0.29, 0.717) is 31.0 Å². The van der Waals surface area contributed by atoms with Crippen molar-refractivity contribution < 1.29 is 14.3 Å². The van der Waals surface area contributed by atoms with Gasteiger partial charge < -0.3 is 14.5 Å². The van der Waals surface area contributed by atoms with E-state index < -0.39 is 5.60 Å². The lowest BCUT2D eigenvalue weighted by atomic mass is 9.99. The van der Waals surface area contributed by atoms with Crippen molar-refractivity contribution in [2.75, 3.05) is 19.6 Å². The fourth-order valence-electron chi connectivity index (χ4n) is 3.52. The number of benzene rings is 1. The second-order valence-corrected chi connectivity index (χ2v) is 8.24. The van der Waals surface area contributed by atoms with Crippen molar-refractivity contribution in [3.8, 4) is 0 Å². The maximum Gasteiger partial charge on any atom is 0.410 e. The van der Waals surface area contributed by atoms with E-state index in [1.807, 2.05) is 43.9 Å². The molecule has 1 aliphatic carbocycles. The van der Waals surface area contributed by atoms with Crippen LogP contribution in [-0.2, 0) is 9.53 Å². The predicted octanol–water partition coefficient (Wildman–Crippen LogP) is 3.26. The first-order valence-corrected chi connectivity index (χ1v) is 9.04. The Morgan fingerprint density at radius 1 is 1.20 bits per heavy atom. The number of nitrogens with zero attached hydrogens (tertiary/aromatic N) is 2. The van der Waals surface area contributed by atoms with Crippen molar-refractivity contribution in [1.29, 1.82) is 0 Å². The van der Waals surface area contributed by atoms with Crippen LogP contribution in [0.5, 0.6) is 0 Å². The summed E-state index contributed by atoms with van der Waals surface area (Å²) in [5, 5.41) is 0. The zero-order valence-corrected chi connectivity index (χ0v) is 15.6. The van der Waals surface area contributed by atoms with E-state index in [0.717, 1.165) is 13.0 Å². The van der Waals surface area contributed by atoms with Gasteiger partial charge in [0, 0.05) is 44.4 Å². The molecule has 2 atom stereocenters. The van der Waals surface area contributed by atoms with Crippen LogP contribution in [0.15, 0.2) is 30.3 Å². The number of ether oxygens (including phenoxy) is 1. The van der Waals surface area contributed by atoms with E-state index in [1.54, 1.807) is 11.8 Å². The first kappa shape index (κ1) is 17.8. The van der Waals surface area contributed by atoms with Gasteiger partial charge in [0.1, 0.15) is 5.60 Å². The molecule has 2 fully saturated rings. The molecule has 0 radical (unpaired) electrons. The highest BCUT2D eigenvalue weighted by Crippen LogP contribution is 2.45. The number of hydrogen-bond donors (Lipinski definition) is 0. The second-order valence-electron chi connectivity index (χ2n) is 8.24. The highest BCUT2D eigenvalue weighted by Gasteiger charge is 2.45. The second kappa shape index (κ2) is 6.70. The van der Waals surface area contributed by atoms with Gasteiger partial charge in [-0.2, -0.15) is 0 Å². The van der Waals surface area contributed by atoms with Crippen LogP contribution in [0.3, 0.4) is 0 Å². The summed E-state index contributed by atoms with van der Waals surface area (Å²) in [6, 6.07) is 10.7. The number of carbonyl (C=O) groups excluding carboxylic acids is 2. The average Bonchev–Trinajstić information content (AvgIpc) is 3.24. The molecule has 1 aromatic carbocycles. The molecule has 1 saturated carbocycles. The molecule has 5 nitrogen and oxygen atoms in total. The summed E-state index contributed by atoms with van der Waals surface area (Å²) in [6.45, 7) is 9.32. The molecule has 5 heteroatoms. The summed E-state index contributed by atoms with van der Waals surface area (Å²) < 4.78 is 5.38. The minimum atomic E-state index is -0.468. The van der Waals surface area contributed by atoms with Crippen LogP contribution in [0.25, 0.3) is 0 Å². The van der Waals surface area contributed by atoms with Crippen LogP contribution in [0, 0.1) is 5.92 Å². The van der Waals surface area contributed by atoms with Gasteiger partial charge >= 0.3 is 6.09 Å². The summed E-state index contributed by atoms with van der Waals surface area (Å²) in [5.41, 5.74) is 0.840. The number of rotatable bonds is 4. The van der Waals surface area contributed by atoms with Crippen LogP contribution >= 0.6 is 0 Å². The predicted molar refractivity (Wildman–Crippen MR) is 96.3 cm³/mol. The Hall–Kier alpha value is -2.04. The fraction of sp³-hybridized carbons (Fsp3) is 0.600. The topological polar surface area (TPSA) is 49.9 Å². The maximum absolute atomic E-state index is 12.1. The Bertz CT molecular complexity index is 632. The van der Waals surface area contributed by atoms with Gasteiger partial charge in [-0.25, -0.2) is 4.79 Å². The third-order valence-electron chi connectivity index (χ3n) is 4.85. The zero-order valence-electron chi connectivity index (χ0n) is 15.6. The first-order chi connectivity index (χ1) is 11.7. The van der Waals surface area contributed by atoms with Crippen LogP contribution in [-0.4, -0.2) is 53.1 Å². The maximum atomic E-state index is 12.1. The summed E-state index contributed by atoms with van der Waals surface area (Å²) in [7, 11) is 0. The van der Waals surface area contributed by atoms with Gasteiger partial charge in [0.25, 0.3) is 0 Å². The summed E-state index contributed by atoms with van der Waals surface area (Å²) >= 11 is 0. The Morgan fingerprint density at radius 2 is 1.84 bits per heavy atom. The molecule has 0 bridgehead atoms. The van der Waals surface area contributed by atoms with Crippen molar-refractivity contribution in [2.45, 2.75) is 51.7 Å². The minimum absolute atomic E-state index is 0.124. The molecule has 0 N–H and O–H groups in total. The highest BCUT2D eigenvalue weighted by atomic mass is 16.6. The summed E-state index contributed by atoms with van der Waals surface area (Å²) in [4.78, 5) is 27.8. The molecule has 2 amide bonds. The van der Waals surface area contributed by atoms with Crippen molar-refractivity contribution in [3.63, 3.8) is 0 Å². The fourth-order valence-corrected chi connectivity index (χ4v) is 3.52. The molecule has 0 spiro atoms. The SMILES string of the molecule is CC(=O)N(CC1CN(C(=O)OC(C)(C)C)C1)C1CC1c1ccccc1. The van der Waals surface area contributed by atoms with Gasteiger partial charge in [0.15, 0.2) is 0 Å². The highest BCUT2D eigenvalue weighted by molar-refractivity contribution is 5.74. The lowest BCUT2D eigenvalue weighted by molar-refractivity contribution is -0.130. The van der Waals surface area contributed by atoms with E-state index in [2.05, 4.69) is 12.1 Å². The van der Waals surface area contributed by atoms with E-state index in [4.69, 9.17) is 4.74 Å². The van der Waals surface area contributed by atoms with E-state index in [-0.39, 0.29) is 12.0 Å². The molecular weight excluding hydrogens is 316 g/mol. The Morgan fingerprint density at radius 3 is 2.40 bits per heavy atom. The lowest BCUT2D eigenvalue weighted by Crippen LogP contribution is -2.55. The molecule has 0 aromatic heterocycles. The number of hydrogen-bond acceptors (Lipinski definition) is 3. The standard InChI is InChI=1S/C20H28N2O3/c1-14(23)22(18-10-17(18)16-8-6-5-7-9-16)13-15-11-21(12-15)19(24)25-20(2,3)4/h5-9,15,17-18H,10-13H2,1-4H3. The van der Waals surface area contributed by atoms with Crippen molar-refractivity contribution in [2.24, 2.45) is 5.92 Å². The normalized spacial score (nSPS) is 23.0. The smallest absolute Gasteiger partial charge is 0.410 e. The molecule has 25 heavy (non-hydrogen) atoms. The molecule has 1 aromatic rings. The molecule has 1 aliphatic heterocycles. The van der Waals surface area contributed by atoms with Crippen molar-refractivity contribution in [1.82, 2.24) is 9.80 Å². The third-order valence-corrected chi connectivity index (χ3v) is 4.85. The summed E-state index contributed by atoms with van der Waals surface area (Å²) in [6.07, 6.45) is 0.776. The molecule has 2 aliphatic rings. The van der Waals surface area contributed by atoms with Crippen LogP contribution in [0.4, 0.5) is 4.79 Å². The Kier molecular flexibility index (Phi) is 4.76. The number of carbonyl (C=O) groups is 2. The lowest BCUT2D eigenvalue weighted by Gasteiger charge is -2.41. The third kappa shape index (κ3) is 4.33. The molecule has 3 rings (SSSR count). The number of likely N-dealkylation sites (tertiary alicyclic amines) is 1. The van der Waals surface area contributed by atoms with Gasteiger partial charge in [-0.05, 0) is 32.8 Å². The molecular formula is C20H28N2O3. The average molecular weight is 344 g/mol. The first-order valence-electron chi connectivity index (χ1n) is 9.04. The minimum Gasteiger partial charge on any atom is -0.444 e. The van der Waals surface area contributed by atoms with Crippen molar-refractivity contribution in [3.05, 3.63) is 35.9 Å². The molecule has 136 valence electrons. The van der Waals surface area contributed by atoms with Gasteiger partial charge in [0.05, 0.1) is 0 Å². The zero-order chi connectivity index (χ0) is 18.2. The molecule has 2 unspecified atom stereocenters.